The molecule has 1 aromatic rings. The SMILES string of the molecule is N#Cc1ccc(N2CCS(=O)CC2)cc1N. The molecule has 1 aliphatic heterocycles. The van der Waals surface area contributed by atoms with Crippen molar-refractivity contribution in [3.8, 4) is 6.07 Å². The first-order chi connectivity index (χ1) is 7.70. The second-order valence-corrected chi connectivity index (χ2v) is 5.41. The second kappa shape index (κ2) is 4.54. The fourth-order valence-electron chi connectivity index (χ4n) is 1.74. The summed E-state index contributed by atoms with van der Waals surface area (Å²) in [5.74, 6) is 1.42. The van der Waals surface area contributed by atoms with Crippen molar-refractivity contribution in [2.75, 3.05) is 35.2 Å². The van der Waals surface area contributed by atoms with Crippen LogP contribution in [-0.2, 0) is 10.8 Å². The number of hydrogen-bond donors (Lipinski definition) is 1. The van der Waals surface area contributed by atoms with Gasteiger partial charge in [-0.15, -0.1) is 0 Å². The number of rotatable bonds is 1. The molecule has 1 saturated heterocycles. The Hall–Kier alpha value is -1.54. The quantitative estimate of drug-likeness (QED) is 0.728. The molecule has 1 aliphatic rings. The fraction of sp³-hybridized carbons (Fsp3) is 0.364. The lowest BCUT2D eigenvalue weighted by molar-refractivity contribution is 0.673. The molecule has 0 unspecified atom stereocenters. The zero-order chi connectivity index (χ0) is 11.5. The van der Waals surface area contributed by atoms with Crippen LogP contribution in [0.1, 0.15) is 5.56 Å². The summed E-state index contributed by atoms with van der Waals surface area (Å²) in [4.78, 5) is 2.15. The molecule has 2 N–H and O–H groups in total. The first-order valence-corrected chi connectivity index (χ1v) is 6.59. The largest absolute Gasteiger partial charge is 0.398 e. The molecule has 1 fully saturated rings. The van der Waals surface area contributed by atoms with E-state index in [0.29, 0.717) is 22.8 Å². The van der Waals surface area contributed by atoms with E-state index in [1.807, 2.05) is 18.2 Å². The van der Waals surface area contributed by atoms with Gasteiger partial charge in [0.15, 0.2) is 0 Å². The van der Waals surface area contributed by atoms with Crippen molar-refractivity contribution in [3.63, 3.8) is 0 Å². The first-order valence-electron chi connectivity index (χ1n) is 5.10. The molecule has 4 nitrogen and oxygen atoms in total. The predicted octanol–water partition coefficient (Wildman–Crippen LogP) is 0.709. The Balaban J connectivity index is 2.19. The number of nitrogen functional groups attached to an aromatic ring is 1. The van der Waals surface area contributed by atoms with E-state index < -0.39 is 10.8 Å². The molecule has 2 rings (SSSR count). The lowest BCUT2D eigenvalue weighted by atomic mass is 10.1. The van der Waals surface area contributed by atoms with Crippen molar-refractivity contribution in [1.82, 2.24) is 0 Å². The Morgan fingerprint density at radius 2 is 2.06 bits per heavy atom. The molecule has 0 bridgehead atoms. The standard InChI is InChI=1S/C11H13N3OS/c12-8-9-1-2-10(7-11(9)13)14-3-5-16(15)6-4-14/h1-2,7H,3-6,13H2. The molecular formula is C11H13N3OS. The van der Waals surface area contributed by atoms with Crippen molar-refractivity contribution in [2.24, 2.45) is 0 Å². The topological polar surface area (TPSA) is 70.1 Å². The van der Waals surface area contributed by atoms with Crippen LogP contribution in [-0.4, -0.2) is 28.8 Å². The maximum absolute atomic E-state index is 11.2. The maximum Gasteiger partial charge on any atom is 0.101 e. The smallest absolute Gasteiger partial charge is 0.101 e. The molecule has 1 aromatic carbocycles. The summed E-state index contributed by atoms with van der Waals surface area (Å²) in [6.45, 7) is 1.58. The van der Waals surface area contributed by atoms with Crippen LogP contribution in [0.4, 0.5) is 11.4 Å². The number of anilines is 2. The second-order valence-electron chi connectivity index (χ2n) is 3.72. The number of hydrogen-bond acceptors (Lipinski definition) is 4. The van der Waals surface area contributed by atoms with Crippen molar-refractivity contribution < 1.29 is 4.21 Å². The summed E-state index contributed by atoms with van der Waals surface area (Å²) in [5.41, 5.74) is 7.77. The van der Waals surface area contributed by atoms with Crippen molar-refractivity contribution in [2.45, 2.75) is 0 Å². The Morgan fingerprint density at radius 1 is 1.38 bits per heavy atom. The number of nitriles is 1. The fourth-order valence-corrected chi connectivity index (χ4v) is 2.80. The predicted molar refractivity (Wildman–Crippen MR) is 65.7 cm³/mol. The van der Waals surface area contributed by atoms with Gasteiger partial charge in [0.25, 0.3) is 0 Å². The van der Waals surface area contributed by atoms with Crippen molar-refractivity contribution in [3.05, 3.63) is 23.8 Å². The van der Waals surface area contributed by atoms with Crippen LogP contribution in [0.5, 0.6) is 0 Å². The van der Waals surface area contributed by atoms with Crippen LogP contribution >= 0.6 is 0 Å². The molecule has 0 spiro atoms. The first kappa shape index (κ1) is 11.0. The molecule has 0 aromatic heterocycles. The van der Waals surface area contributed by atoms with Crippen LogP contribution in [0.2, 0.25) is 0 Å². The molecule has 0 radical (unpaired) electrons. The van der Waals surface area contributed by atoms with Gasteiger partial charge in [-0.1, -0.05) is 0 Å². The van der Waals surface area contributed by atoms with Crippen LogP contribution in [0, 0.1) is 11.3 Å². The van der Waals surface area contributed by atoms with Crippen molar-refractivity contribution >= 4 is 22.2 Å². The van der Waals surface area contributed by atoms with Gasteiger partial charge in [-0.2, -0.15) is 5.26 Å². The van der Waals surface area contributed by atoms with Gasteiger partial charge in [0.05, 0.1) is 11.3 Å². The van der Waals surface area contributed by atoms with E-state index in [0.717, 1.165) is 18.8 Å². The van der Waals surface area contributed by atoms with E-state index in [-0.39, 0.29) is 0 Å². The zero-order valence-corrected chi connectivity index (χ0v) is 9.67. The summed E-state index contributed by atoms with van der Waals surface area (Å²) in [6, 6.07) is 7.48. The Bertz CT molecular complexity index is 457. The highest BCUT2D eigenvalue weighted by atomic mass is 32.2. The van der Waals surface area contributed by atoms with Gasteiger partial charge in [0.2, 0.25) is 0 Å². The van der Waals surface area contributed by atoms with Gasteiger partial charge in [-0.3, -0.25) is 4.21 Å². The van der Waals surface area contributed by atoms with Gasteiger partial charge in [-0.05, 0) is 18.2 Å². The summed E-state index contributed by atoms with van der Waals surface area (Å²) in [7, 11) is -0.671. The average molecular weight is 235 g/mol. The molecular weight excluding hydrogens is 222 g/mol. The zero-order valence-electron chi connectivity index (χ0n) is 8.85. The summed E-state index contributed by atoms with van der Waals surface area (Å²) >= 11 is 0. The third-order valence-electron chi connectivity index (χ3n) is 2.70. The molecule has 0 aliphatic carbocycles. The van der Waals surface area contributed by atoms with Crippen LogP contribution < -0.4 is 10.6 Å². The molecule has 84 valence electrons. The van der Waals surface area contributed by atoms with E-state index in [1.54, 1.807) is 6.07 Å². The molecule has 16 heavy (non-hydrogen) atoms. The van der Waals surface area contributed by atoms with E-state index in [4.69, 9.17) is 11.0 Å². The lowest BCUT2D eigenvalue weighted by Gasteiger charge is -2.28. The summed E-state index contributed by atoms with van der Waals surface area (Å²) in [5, 5.41) is 8.77. The molecule has 1 heterocycles. The highest BCUT2D eigenvalue weighted by Crippen LogP contribution is 2.22. The Labute approximate surface area is 97.1 Å². The molecule has 5 heteroatoms. The minimum atomic E-state index is -0.671. The Kier molecular flexibility index (Phi) is 3.11. The van der Waals surface area contributed by atoms with E-state index in [2.05, 4.69) is 4.90 Å². The van der Waals surface area contributed by atoms with E-state index in [9.17, 15) is 4.21 Å². The van der Waals surface area contributed by atoms with Crippen LogP contribution in [0.25, 0.3) is 0 Å². The summed E-state index contributed by atoms with van der Waals surface area (Å²) < 4.78 is 11.2. The third-order valence-corrected chi connectivity index (χ3v) is 3.97. The minimum absolute atomic E-state index is 0.504. The van der Waals surface area contributed by atoms with Crippen LogP contribution in [0.3, 0.4) is 0 Å². The van der Waals surface area contributed by atoms with Gasteiger partial charge >= 0.3 is 0 Å². The monoisotopic (exact) mass is 235 g/mol. The highest BCUT2D eigenvalue weighted by molar-refractivity contribution is 7.85. The molecule has 0 saturated carbocycles. The van der Waals surface area contributed by atoms with E-state index in [1.165, 1.54) is 0 Å². The van der Waals surface area contributed by atoms with Gasteiger partial charge in [-0.25, -0.2) is 0 Å². The normalized spacial score (nSPS) is 17.1. The van der Waals surface area contributed by atoms with Gasteiger partial charge < -0.3 is 10.6 Å². The minimum Gasteiger partial charge on any atom is -0.398 e. The highest BCUT2D eigenvalue weighted by Gasteiger charge is 2.15. The maximum atomic E-state index is 11.2. The van der Waals surface area contributed by atoms with Gasteiger partial charge in [0, 0.05) is 41.1 Å². The summed E-state index contributed by atoms with van der Waals surface area (Å²) in [6.07, 6.45) is 0. The molecule has 0 atom stereocenters. The Morgan fingerprint density at radius 3 is 2.62 bits per heavy atom. The number of benzene rings is 1. The molecule has 0 amide bonds. The van der Waals surface area contributed by atoms with Crippen molar-refractivity contribution in [1.29, 1.82) is 5.26 Å². The van der Waals surface area contributed by atoms with Crippen LogP contribution in [0.15, 0.2) is 18.2 Å². The third kappa shape index (κ3) is 2.17. The number of nitrogens with zero attached hydrogens (tertiary/aromatic N) is 2. The lowest BCUT2D eigenvalue weighted by Crippen LogP contribution is -2.37. The average Bonchev–Trinajstić information content (AvgIpc) is 2.30. The number of nitrogens with two attached hydrogens (primary N) is 1. The van der Waals surface area contributed by atoms with E-state index >= 15 is 0 Å². The van der Waals surface area contributed by atoms with Gasteiger partial charge in [0.1, 0.15) is 6.07 Å².